The molecule has 0 radical (unpaired) electrons. The zero-order valence-electron chi connectivity index (χ0n) is 11.1. The summed E-state index contributed by atoms with van der Waals surface area (Å²) < 4.78 is 52.5. The lowest BCUT2D eigenvalue weighted by molar-refractivity contribution is 0.547. The van der Waals surface area contributed by atoms with Gasteiger partial charge in [-0.2, -0.15) is 0 Å². The van der Waals surface area contributed by atoms with Gasteiger partial charge in [0.05, 0.1) is 4.90 Å². The molecule has 0 heterocycles. The Labute approximate surface area is 121 Å². The average molecular weight is 308 g/mol. The molecule has 0 bridgehead atoms. The zero-order chi connectivity index (χ0) is 15.6. The van der Waals surface area contributed by atoms with Gasteiger partial charge in [-0.1, -0.05) is 28.6 Å². The van der Waals surface area contributed by atoms with Crippen molar-refractivity contribution in [1.29, 1.82) is 0 Å². The van der Waals surface area contributed by atoms with E-state index in [4.69, 9.17) is 6.57 Å². The van der Waals surface area contributed by atoms with Gasteiger partial charge in [-0.3, -0.25) is 0 Å². The van der Waals surface area contributed by atoms with Crippen LogP contribution in [0.5, 0.6) is 0 Å². The second kappa shape index (κ2) is 5.62. The highest BCUT2D eigenvalue weighted by Gasteiger charge is 2.41. The standard InChI is InChI=1S/C15H12F2NO2S/c1-10-6-8-11(9-7-10)21(19,20)15(18-2)14-12(16)4-3-5-13(14)17/h2-9,15H,1H3/q+1/t15-/m0/s1. The predicted octanol–water partition coefficient (Wildman–Crippen LogP) is 3.71. The zero-order valence-corrected chi connectivity index (χ0v) is 11.9. The van der Waals surface area contributed by atoms with Crippen molar-refractivity contribution in [2.75, 3.05) is 0 Å². The van der Waals surface area contributed by atoms with Gasteiger partial charge in [0, 0.05) is 0 Å². The molecule has 0 aromatic heterocycles. The first-order valence-corrected chi connectivity index (χ1v) is 7.57. The minimum atomic E-state index is -4.14. The second-order valence-electron chi connectivity index (χ2n) is 4.49. The number of halogens is 2. The van der Waals surface area contributed by atoms with Crippen LogP contribution in [0.2, 0.25) is 0 Å². The molecule has 2 aromatic carbocycles. The molecule has 0 N–H and O–H groups in total. The summed E-state index contributed by atoms with van der Waals surface area (Å²) in [7, 11) is -4.14. The van der Waals surface area contributed by atoms with E-state index in [1.807, 2.05) is 0 Å². The molecule has 0 fully saturated rings. The van der Waals surface area contributed by atoms with Crippen molar-refractivity contribution >= 4 is 9.84 Å². The van der Waals surface area contributed by atoms with Crippen LogP contribution >= 0.6 is 0 Å². The maximum Gasteiger partial charge on any atom is 0.403 e. The highest BCUT2D eigenvalue weighted by molar-refractivity contribution is 7.91. The van der Waals surface area contributed by atoms with Gasteiger partial charge in [-0.15, -0.1) is 0 Å². The van der Waals surface area contributed by atoms with Gasteiger partial charge in [0.25, 0.3) is 16.4 Å². The van der Waals surface area contributed by atoms with Crippen LogP contribution in [0.4, 0.5) is 8.78 Å². The summed E-state index contributed by atoms with van der Waals surface area (Å²) in [5.41, 5.74) is 0.174. The molecule has 0 aliphatic carbocycles. The maximum absolute atomic E-state index is 13.8. The molecule has 0 amide bonds. The third-order valence-corrected chi connectivity index (χ3v) is 4.90. The summed E-state index contributed by atoms with van der Waals surface area (Å²) in [6.07, 6.45) is 0. The Balaban J connectivity index is 2.61. The topological polar surface area (TPSA) is 38.5 Å². The molecule has 6 heteroatoms. The summed E-state index contributed by atoms with van der Waals surface area (Å²) in [5.74, 6) is -2.02. The maximum atomic E-state index is 13.8. The molecule has 3 nitrogen and oxygen atoms in total. The van der Waals surface area contributed by atoms with E-state index in [9.17, 15) is 17.2 Å². The Bertz CT molecular complexity index is 788. The number of benzene rings is 2. The molecule has 0 unspecified atom stereocenters. The quantitative estimate of drug-likeness (QED) is 0.867. The van der Waals surface area contributed by atoms with Gasteiger partial charge in [-0.05, 0) is 31.2 Å². The minimum absolute atomic E-state index is 0.102. The first kappa shape index (κ1) is 15.1. The first-order valence-electron chi connectivity index (χ1n) is 6.02. The van der Waals surface area contributed by atoms with Crippen molar-refractivity contribution in [2.24, 2.45) is 0 Å². The lowest BCUT2D eigenvalue weighted by Gasteiger charge is -2.07. The molecule has 0 aliphatic heterocycles. The van der Waals surface area contributed by atoms with Crippen LogP contribution < -0.4 is 0 Å². The number of rotatable bonds is 3. The van der Waals surface area contributed by atoms with Crippen LogP contribution in [-0.4, -0.2) is 8.42 Å². The molecule has 2 rings (SSSR count). The van der Waals surface area contributed by atoms with Crippen molar-refractivity contribution in [1.82, 2.24) is 0 Å². The van der Waals surface area contributed by atoms with E-state index < -0.39 is 32.4 Å². The van der Waals surface area contributed by atoms with E-state index in [1.54, 1.807) is 19.1 Å². The Morgan fingerprint density at radius 2 is 1.57 bits per heavy atom. The highest BCUT2D eigenvalue weighted by Crippen LogP contribution is 2.33. The van der Waals surface area contributed by atoms with Gasteiger partial charge < -0.3 is 0 Å². The fourth-order valence-corrected chi connectivity index (χ4v) is 3.38. The van der Waals surface area contributed by atoms with Crippen molar-refractivity contribution in [3.63, 3.8) is 0 Å². The Hall–Kier alpha value is -2.26. The summed E-state index contributed by atoms with van der Waals surface area (Å²) in [6.45, 7) is 6.90. The molecule has 0 spiro atoms. The molecule has 21 heavy (non-hydrogen) atoms. The predicted molar refractivity (Wildman–Crippen MR) is 75.8 cm³/mol. The van der Waals surface area contributed by atoms with E-state index in [0.717, 1.165) is 23.8 Å². The minimum Gasteiger partial charge on any atom is -0.215 e. The highest BCUT2D eigenvalue weighted by atomic mass is 32.2. The molecule has 0 saturated heterocycles. The van der Waals surface area contributed by atoms with Crippen molar-refractivity contribution in [3.8, 4) is 6.57 Å². The van der Waals surface area contributed by atoms with E-state index in [-0.39, 0.29) is 4.90 Å². The molecular formula is C15H12F2NO2S+. The van der Waals surface area contributed by atoms with Crippen molar-refractivity contribution < 1.29 is 17.2 Å². The van der Waals surface area contributed by atoms with Crippen LogP contribution in [0.15, 0.2) is 47.4 Å². The van der Waals surface area contributed by atoms with Crippen LogP contribution in [0.1, 0.15) is 16.5 Å². The summed E-state index contributed by atoms with van der Waals surface area (Å²) >= 11 is 0. The number of sulfone groups is 1. The summed E-state index contributed by atoms with van der Waals surface area (Å²) in [5, 5.41) is -1.83. The summed E-state index contributed by atoms with van der Waals surface area (Å²) in [6, 6.07) is 8.92. The third kappa shape index (κ3) is 2.78. The van der Waals surface area contributed by atoms with Gasteiger partial charge in [0.15, 0.2) is 0 Å². The van der Waals surface area contributed by atoms with E-state index in [2.05, 4.69) is 4.85 Å². The monoisotopic (exact) mass is 308 g/mol. The van der Waals surface area contributed by atoms with Gasteiger partial charge >= 0.3 is 5.37 Å². The van der Waals surface area contributed by atoms with Crippen LogP contribution in [0.25, 0.3) is 4.85 Å². The normalized spacial score (nSPS) is 12.7. The molecule has 2 aromatic rings. The van der Waals surface area contributed by atoms with E-state index in [0.29, 0.717) is 0 Å². The van der Waals surface area contributed by atoms with Crippen molar-refractivity contribution in [2.45, 2.75) is 17.2 Å². The van der Waals surface area contributed by atoms with Crippen LogP contribution in [0.3, 0.4) is 0 Å². The average Bonchev–Trinajstić information content (AvgIpc) is 2.43. The lowest BCUT2D eigenvalue weighted by Crippen LogP contribution is -2.14. The smallest absolute Gasteiger partial charge is 0.215 e. The molecule has 1 atom stereocenters. The fourth-order valence-electron chi connectivity index (χ4n) is 1.91. The SMILES string of the molecule is C#[N+][C@H](c1c(F)cccc1F)S(=O)(=O)c1ccc(C)cc1. The van der Waals surface area contributed by atoms with Crippen LogP contribution in [-0.2, 0) is 9.84 Å². The van der Waals surface area contributed by atoms with E-state index in [1.165, 1.54) is 12.1 Å². The first-order chi connectivity index (χ1) is 9.87. The number of hydrogen-bond donors (Lipinski definition) is 0. The largest absolute Gasteiger partial charge is 0.403 e. The van der Waals surface area contributed by atoms with E-state index >= 15 is 0 Å². The van der Waals surface area contributed by atoms with Crippen LogP contribution in [0, 0.1) is 25.1 Å². The van der Waals surface area contributed by atoms with Gasteiger partial charge in [0.2, 0.25) is 0 Å². The fraction of sp³-hybridized carbons (Fsp3) is 0.133. The molecule has 0 saturated carbocycles. The number of nitrogens with zero attached hydrogens (tertiary/aromatic N) is 1. The Kier molecular flexibility index (Phi) is 4.05. The Morgan fingerprint density at radius 3 is 2.05 bits per heavy atom. The summed E-state index contributed by atoms with van der Waals surface area (Å²) in [4.78, 5) is 3.08. The van der Waals surface area contributed by atoms with Gasteiger partial charge in [0.1, 0.15) is 17.2 Å². The molecular weight excluding hydrogens is 296 g/mol. The molecule has 0 aliphatic rings. The number of hydrogen-bond acceptors (Lipinski definition) is 2. The number of aryl methyl sites for hydroxylation is 1. The second-order valence-corrected chi connectivity index (χ2v) is 6.50. The Morgan fingerprint density at radius 1 is 1.05 bits per heavy atom. The third-order valence-electron chi connectivity index (χ3n) is 3.03. The van der Waals surface area contributed by atoms with Crippen molar-refractivity contribution in [3.05, 3.63) is 70.1 Å². The lowest BCUT2D eigenvalue weighted by atomic mass is 10.2. The van der Waals surface area contributed by atoms with Gasteiger partial charge in [-0.25, -0.2) is 17.2 Å². The molecule has 108 valence electrons.